The molecule has 0 amide bonds. The lowest BCUT2D eigenvalue weighted by Crippen LogP contribution is -2.14. The molecule has 0 aliphatic rings. The van der Waals surface area contributed by atoms with E-state index in [4.69, 9.17) is 0 Å². The Balaban J connectivity index is 2.45. The van der Waals surface area contributed by atoms with Crippen LogP contribution in [0.5, 0.6) is 0 Å². The van der Waals surface area contributed by atoms with E-state index in [0.29, 0.717) is 18.2 Å². The van der Waals surface area contributed by atoms with Gasteiger partial charge in [-0.15, -0.1) is 0 Å². The summed E-state index contributed by atoms with van der Waals surface area (Å²) < 4.78 is 67.5. The smallest absolute Gasteiger partial charge is 0.366 e. The highest BCUT2D eigenvalue weighted by atomic mass is 19.4. The SMILES string of the molecule is CCN(C)C=Nc1cc(C(F)(F)F)c(Cc2cccc(F)c2)cc1F. The zero-order valence-electron chi connectivity index (χ0n) is 13.7. The molecule has 0 N–H and O–H groups in total. The Bertz CT molecular complexity index is 769. The van der Waals surface area contributed by atoms with E-state index in [2.05, 4.69) is 4.99 Å². The van der Waals surface area contributed by atoms with Crippen molar-refractivity contribution in [1.82, 2.24) is 4.90 Å². The molecule has 2 rings (SSSR count). The second-order valence-electron chi connectivity index (χ2n) is 5.58. The van der Waals surface area contributed by atoms with Crippen molar-refractivity contribution in [3.05, 3.63) is 64.7 Å². The average molecular weight is 356 g/mol. The van der Waals surface area contributed by atoms with Crippen molar-refractivity contribution in [2.24, 2.45) is 4.99 Å². The molecular weight excluding hydrogens is 339 g/mol. The summed E-state index contributed by atoms with van der Waals surface area (Å²) in [6.45, 7) is 2.40. The molecule has 0 atom stereocenters. The van der Waals surface area contributed by atoms with Crippen LogP contribution in [0.15, 0.2) is 41.4 Å². The minimum absolute atomic E-state index is 0.234. The standard InChI is InChI=1S/C18H17F5N2/c1-3-25(2)11-24-17-10-15(18(21,22)23)13(9-16(17)20)7-12-5-4-6-14(19)8-12/h4-6,8-11H,3,7H2,1-2H3. The van der Waals surface area contributed by atoms with Crippen LogP contribution < -0.4 is 0 Å². The molecule has 0 saturated heterocycles. The molecule has 0 bridgehead atoms. The van der Waals surface area contributed by atoms with Crippen LogP contribution in [0, 0.1) is 11.6 Å². The predicted molar refractivity (Wildman–Crippen MR) is 87.1 cm³/mol. The Morgan fingerprint density at radius 1 is 1.12 bits per heavy atom. The molecule has 0 radical (unpaired) electrons. The molecule has 0 heterocycles. The van der Waals surface area contributed by atoms with Gasteiger partial charge in [0.15, 0.2) is 0 Å². The zero-order valence-corrected chi connectivity index (χ0v) is 13.7. The minimum atomic E-state index is -4.67. The molecule has 0 aliphatic carbocycles. The van der Waals surface area contributed by atoms with Crippen LogP contribution in [-0.2, 0) is 12.6 Å². The lowest BCUT2D eigenvalue weighted by Gasteiger charge is -2.15. The van der Waals surface area contributed by atoms with Gasteiger partial charge >= 0.3 is 6.18 Å². The quantitative estimate of drug-likeness (QED) is 0.409. The highest BCUT2D eigenvalue weighted by Gasteiger charge is 2.34. The van der Waals surface area contributed by atoms with Gasteiger partial charge in [-0.1, -0.05) is 12.1 Å². The first-order valence-electron chi connectivity index (χ1n) is 7.59. The number of nitrogens with zero attached hydrogens (tertiary/aromatic N) is 2. The molecule has 0 spiro atoms. The summed E-state index contributed by atoms with van der Waals surface area (Å²) in [5.74, 6) is -1.42. The lowest BCUT2D eigenvalue weighted by molar-refractivity contribution is -0.138. The van der Waals surface area contributed by atoms with E-state index in [1.54, 1.807) is 11.9 Å². The molecule has 0 fully saturated rings. The van der Waals surface area contributed by atoms with E-state index in [9.17, 15) is 22.0 Å². The van der Waals surface area contributed by atoms with Gasteiger partial charge in [-0.25, -0.2) is 13.8 Å². The second kappa shape index (κ2) is 7.63. The molecule has 7 heteroatoms. The predicted octanol–water partition coefficient (Wildman–Crippen LogP) is 5.19. The molecule has 0 saturated carbocycles. The largest absolute Gasteiger partial charge is 0.416 e. The lowest BCUT2D eigenvalue weighted by atomic mass is 9.98. The Morgan fingerprint density at radius 3 is 2.44 bits per heavy atom. The first-order valence-corrected chi connectivity index (χ1v) is 7.59. The fraction of sp³-hybridized carbons (Fsp3) is 0.278. The molecular formula is C18H17F5N2. The summed E-state index contributed by atoms with van der Waals surface area (Å²) in [4.78, 5) is 5.38. The third kappa shape index (κ3) is 5.01. The number of hydrogen-bond donors (Lipinski definition) is 0. The van der Waals surface area contributed by atoms with Crippen LogP contribution in [0.1, 0.15) is 23.6 Å². The number of benzene rings is 2. The summed E-state index contributed by atoms with van der Waals surface area (Å²) in [5, 5.41) is 0. The molecule has 0 aliphatic heterocycles. The summed E-state index contributed by atoms with van der Waals surface area (Å²) in [6, 6.07) is 6.70. The molecule has 0 aromatic heterocycles. The Kier molecular flexibility index (Phi) is 5.77. The van der Waals surface area contributed by atoms with Crippen molar-refractivity contribution in [3.63, 3.8) is 0 Å². The Morgan fingerprint density at radius 2 is 1.84 bits per heavy atom. The van der Waals surface area contributed by atoms with Gasteiger partial charge in [0.1, 0.15) is 17.3 Å². The van der Waals surface area contributed by atoms with Gasteiger partial charge in [-0.05, 0) is 48.7 Å². The van der Waals surface area contributed by atoms with Gasteiger partial charge in [-0.2, -0.15) is 13.2 Å². The topological polar surface area (TPSA) is 15.6 Å². The van der Waals surface area contributed by atoms with Crippen molar-refractivity contribution in [1.29, 1.82) is 0 Å². The van der Waals surface area contributed by atoms with Gasteiger partial charge < -0.3 is 4.90 Å². The Labute approximate surface area is 142 Å². The highest BCUT2D eigenvalue weighted by molar-refractivity contribution is 5.62. The molecule has 2 aromatic rings. The van der Waals surface area contributed by atoms with E-state index in [1.807, 2.05) is 6.92 Å². The van der Waals surface area contributed by atoms with Gasteiger partial charge in [0, 0.05) is 13.6 Å². The van der Waals surface area contributed by atoms with Crippen molar-refractivity contribution in [2.45, 2.75) is 19.5 Å². The molecule has 134 valence electrons. The third-order valence-electron chi connectivity index (χ3n) is 3.65. The molecule has 2 aromatic carbocycles. The van der Waals surface area contributed by atoms with Crippen LogP contribution in [0.4, 0.5) is 27.6 Å². The first-order chi connectivity index (χ1) is 11.7. The van der Waals surface area contributed by atoms with Crippen molar-refractivity contribution < 1.29 is 22.0 Å². The minimum Gasteiger partial charge on any atom is -0.366 e. The maximum atomic E-state index is 14.2. The number of alkyl halides is 3. The van der Waals surface area contributed by atoms with E-state index < -0.39 is 29.1 Å². The van der Waals surface area contributed by atoms with Gasteiger partial charge in [0.05, 0.1) is 11.9 Å². The number of rotatable bonds is 5. The van der Waals surface area contributed by atoms with Gasteiger partial charge in [0.25, 0.3) is 0 Å². The fourth-order valence-corrected chi connectivity index (χ4v) is 2.22. The Hall–Kier alpha value is -2.44. The van der Waals surface area contributed by atoms with Crippen LogP contribution in [-0.4, -0.2) is 24.8 Å². The number of hydrogen-bond acceptors (Lipinski definition) is 1. The van der Waals surface area contributed by atoms with Gasteiger partial charge in [0.2, 0.25) is 0 Å². The van der Waals surface area contributed by atoms with Crippen LogP contribution in [0.3, 0.4) is 0 Å². The molecule has 2 nitrogen and oxygen atoms in total. The fourth-order valence-electron chi connectivity index (χ4n) is 2.22. The summed E-state index contributed by atoms with van der Waals surface area (Å²) in [7, 11) is 1.67. The van der Waals surface area contributed by atoms with Crippen molar-refractivity contribution >= 4 is 12.0 Å². The van der Waals surface area contributed by atoms with Crippen LogP contribution in [0.25, 0.3) is 0 Å². The maximum Gasteiger partial charge on any atom is 0.416 e. The average Bonchev–Trinajstić information content (AvgIpc) is 2.52. The van der Waals surface area contributed by atoms with E-state index >= 15 is 0 Å². The van der Waals surface area contributed by atoms with E-state index in [-0.39, 0.29) is 12.0 Å². The summed E-state index contributed by atoms with van der Waals surface area (Å²) >= 11 is 0. The maximum absolute atomic E-state index is 14.2. The first kappa shape index (κ1) is 18.9. The second-order valence-corrected chi connectivity index (χ2v) is 5.58. The van der Waals surface area contributed by atoms with E-state index in [1.165, 1.54) is 24.5 Å². The number of halogens is 5. The van der Waals surface area contributed by atoms with Crippen molar-refractivity contribution in [3.8, 4) is 0 Å². The third-order valence-corrected chi connectivity index (χ3v) is 3.65. The highest BCUT2D eigenvalue weighted by Crippen LogP contribution is 2.36. The monoisotopic (exact) mass is 356 g/mol. The molecule has 25 heavy (non-hydrogen) atoms. The van der Waals surface area contributed by atoms with Gasteiger partial charge in [-0.3, -0.25) is 0 Å². The number of aliphatic imine (C=N–C) groups is 1. The van der Waals surface area contributed by atoms with Crippen molar-refractivity contribution in [2.75, 3.05) is 13.6 Å². The van der Waals surface area contributed by atoms with Crippen LogP contribution >= 0.6 is 0 Å². The van der Waals surface area contributed by atoms with E-state index in [0.717, 1.165) is 12.1 Å². The summed E-state index contributed by atoms with van der Waals surface area (Å²) in [5.41, 5.74) is -1.31. The summed E-state index contributed by atoms with van der Waals surface area (Å²) in [6.07, 6.45) is -3.63. The van der Waals surface area contributed by atoms with Crippen LogP contribution in [0.2, 0.25) is 0 Å². The normalized spacial score (nSPS) is 12.0. The molecule has 0 unspecified atom stereocenters. The zero-order chi connectivity index (χ0) is 18.6.